The van der Waals surface area contributed by atoms with E-state index in [0.717, 1.165) is 13.8 Å². The summed E-state index contributed by atoms with van der Waals surface area (Å²) in [5, 5.41) is 104. The number of carboxylic acid groups (broad SMARTS) is 3. The molecule has 46 nitrogen and oxygen atoms in total. The van der Waals surface area contributed by atoms with Crippen molar-refractivity contribution < 1.29 is 132 Å². The Kier molecular flexibility index (Phi) is 44.6. The Morgan fingerprint density at radius 2 is 0.983 bits per heavy atom. The summed E-state index contributed by atoms with van der Waals surface area (Å²) in [4.78, 5) is 266. The van der Waals surface area contributed by atoms with Crippen molar-refractivity contribution in [2.75, 3.05) is 45.9 Å². The van der Waals surface area contributed by atoms with Crippen molar-refractivity contribution in [1.82, 2.24) is 84.7 Å². The lowest BCUT2D eigenvalue weighted by Gasteiger charge is -2.32. The van der Waals surface area contributed by atoms with Crippen LogP contribution in [-0.4, -0.2) is 296 Å². The van der Waals surface area contributed by atoms with Crippen molar-refractivity contribution in [3.8, 4) is 5.75 Å². The van der Waals surface area contributed by atoms with Crippen LogP contribution in [0.15, 0.2) is 24.3 Å². The van der Waals surface area contributed by atoms with Crippen LogP contribution in [0.1, 0.15) is 156 Å². The standard InChI is InChI=1S/C74H117N19O27/c1-7-37(4)59(71(116)89-49(74(119)120)29-36(2)3)91-67(112)47(30-40-16-18-41(97)19-17-40)88-70(115)52-15-12-28-93(52)73(118)46(14-9-11-27-76)86-63(108)42(13-8-10-26-75)85-72(117)60(39(6)96)92-61(106)38(5)80-66(111)48(31-53(77)98)87-68(113)50(34-94)82-56(101)33-78-55(100)32-79-62(107)43(21-24-57(102)103)83-65(110)45(22-25-58(104)105)84-69(114)51(35-95)90-64(109)44-20-23-54(99)81-44/h16-19,36-39,42-52,59-60,94-97H,7-15,20-35,75-76H2,1-6H3,(H2,77,98)(H,78,100)(H,79,107)(H,80,111)(H,81,99)(H,82,101)(H,83,110)(H,84,114)(H,85,117)(H,86,108)(H,87,113)(H,88,115)(H,89,116)(H,90,109)(H,91,112)(H,92,106)(H,102,103)(H,104,105)(H,119,120)/t37?,38-,39+,42-,43-,44+,45-,46-,47-,48-,49?,50-,51-,52?,59-,60-/m0/s1. The number of hydrogen-bond acceptors (Lipinski definition) is 26. The molecule has 1 aromatic rings. The topological polar surface area (TPSA) is 745 Å². The summed E-state index contributed by atoms with van der Waals surface area (Å²) >= 11 is 0. The van der Waals surface area contributed by atoms with Gasteiger partial charge in [0.2, 0.25) is 100 Å². The number of hydrogen-bond donors (Lipinski definition) is 25. The number of carbonyl (C=O) groups excluding carboxylic acids is 17. The molecule has 2 aliphatic rings. The Labute approximate surface area is 690 Å². The molecule has 16 atom stereocenters. The fourth-order valence-corrected chi connectivity index (χ4v) is 12.4. The molecule has 670 valence electrons. The van der Waals surface area contributed by atoms with Crippen molar-refractivity contribution in [3.63, 3.8) is 0 Å². The zero-order chi connectivity index (χ0) is 90.2. The molecule has 120 heavy (non-hydrogen) atoms. The SMILES string of the molecule is CCC(C)[C@H](NC(=O)[C@H](Cc1ccc(O)cc1)NC(=O)C1CCCN1C(=O)[C@H](CCCCN)NC(=O)[C@H](CCCCN)NC(=O)[C@@H](NC(=O)[C@H](C)NC(=O)[C@H](CC(N)=O)NC(=O)[C@H](CO)NC(=O)CNC(=O)CNC(=O)[C@H](CCC(=O)O)NC(=O)[C@H](CCC(=O)O)NC(=O)[C@H](CO)NC(=O)[C@H]1CCC(=O)N1)[C@@H](C)O)C(=O)NC(CC(C)C)C(=O)O. The van der Waals surface area contributed by atoms with Gasteiger partial charge in [-0.1, -0.05) is 46.2 Å². The Balaban J connectivity index is 1.74. The number of aliphatic hydroxyl groups is 3. The van der Waals surface area contributed by atoms with Crippen LogP contribution in [-0.2, 0) is 102 Å². The number of aromatic hydroxyl groups is 1. The molecule has 0 spiro atoms. The Hall–Kier alpha value is -11.8. The van der Waals surface area contributed by atoms with Gasteiger partial charge < -0.3 is 138 Å². The van der Waals surface area contributed by atoms with Crippen LogP contribution in [0.2, 0.25) is 0 Å². The molecule has 17 amide bonds. The summed E-state index contributed by atoms with van der Waals surface area (Å²) in [5.41, 5.74) is 17.5. The number of phenols is 1. The highest BCUT2D eigenvalue weighted by atomic mass is 16.4. The number of carbonyl (C=O) groups is 20. The predicted molar refractivity (Wildman–Crippen MR) is 418 cm³/mol. The molecule has 3 unspecified atom stereocenters. The van der Waals surface area contributed by atoms with Crippen LogP contribution in [0.4, 0.5) is 0 Å². The van der Waals surface area contributed by atoms with Crippen LogP contribution in [0.3, 0.4) is 0 Å². The van der Waals surface area contributed by atoms with Gasteiger partial charge in [0.25, 0.3) is 0 Å². The third-order valence-corrected chi connectivity index (χ3v) is 19.3. The van der Waals surface area contributed by atoms with Gasteiger partial charge in [0.15, 0.2) is 0 Å². The molecule has 1 aromatic carbocycles. The second-order valence-electron chi connectivity index (χ2n) is 29.6. The number of benzene rings is 1. The Bertz CT molecular complexity index is 3760. The van der Waals surface area contributed by atoms with Crippen LogP contribution in [0, 0.1) is 11.8 Å². The van der Waals surface area contributed by atoms with E-state index in [2.05, 4.69) is 74.4 Å². The quantitative estimate of drug-likeness (QED) is 0.0269. The van der Waals surface area contributed by atoms with E-state index >= 15 is 0 Å². The first-order chi connectivity index (χ1) is 56.6. The second kappa shape index (κ2) is 52.2. The van der Waals surface area contributed by atoms with Crippen molar-refractivity contribution in [2.24, 2.45) is 29.0 Å². The summed E-state index contributed by atoms with van der Waals surface area (Å²) < 4.78 is 0. The van der Waals surface area contributed by atoms with Gasteiger partial charge in [0.1, 0.15) is 90.3 Å². The molecule has 0 saturated carbocycles. The van der Waals surface area contributed by atoms with Gasteiger partial charge in [-0.3, -0.25) is 91.1 Å². The van der Waals surface area contributed by atoms with Gasteiger partial charge in [0, 0.05) is 32.2 Å². The van der Waals surface area contributed by atoms with E-state index in [9.17, 15) is 132 Å². The molecule has 46 heteroatoms. The van der Waals surface area contributed by atoms with Gasteiger partial charge in [0.05, 0.1) is 38.8 Å². The highest BCUT2D eigenvalue weighted by Gasteiger charge is 2.43. The first kappa shape index (κ1) is 102. The number of phenolic OH excluding ortho intramolecular Hbond substituents is 1. The van der Waals surface area contributed by atoms with E-state index in [4.69, 9.17) is 17.2 Å². The molecule has 0 aromatic heterocycles. The van der Waals surface area contributed by atoms with Crippen LogP contribution < -0.4 is 97.0 Å². The number of rotatable bonds is 55. The lowest BCUT2D eigenvalue weighted by Crippen LogP contribution is -2.62. The van der Waals surface area contributed by atoms with Gasteiger partial charge in [-0.25, -0.2) is 4.79 Å². The number of aliphatic hydroxyl groups excluding tert-OH is 3. The van der Waals surface area contributed by atoms with Gasteiger partial charge in [-0.15, -0.1) is 0 Å². The molecule has 3 rings (SSSR count). The molecule has 28 N–H and O–H groups in total. The fraction of sp³-hybridized carbons (Fsp3) is 0.649. The monoisotopic (exact) mass is 1700 g/mol. The summed E-state index contributed by atoms with van der Waals surface area (Å²) in [6.07, 6.45) is -3.96. The first-order valence-corrected chi connectivity index (χ1v) is 39.4. The molecule has 0 aliphatic carbocycles. The average molecular weight is 1700 g/mol. The number of nitrogens with one attached hydrogen (secondary N) is 15. The average Bonchev–Trinajstić information content (AvgIpc) is 1.64. The van der Waals surface area contributed by atoms with E-state index in [-0.39, 0.29) is 95.5 Å². The number of amides is 17. The third kappa shape index (κ3) is 35.8. The summed E-state index contributed by atoms with van der Waals surface area (Å²) in [7, 11) is 0. The number of aliphatic carboxylic acids is 3. The minimum absolute atomic E-state index is 0.00429. The molecule has 2 saturated heterocycles. The maximum Gasteiger partial charge on any atom is 0.326 e. The molecular formula is C74H117N19O27. The maximum absolute atomic E-state index is 14.8. The van der Waals surface area contributed by atoms with Crippen molar-refractivity contribution in [3.05, 3.63) is 29.8 Å². The molecule has 0 bridgehead atoms. The molecular weight excluding hydrogens is 1590 g/mol. The number of carboxylic acids is 3. The van der Waals surface area contributed by atoms with E-state index in [1.54, 1.807) is 27.7 Å². The lowest BCUT2D eigenvalue weighted by atomic mass is 9.96. The van der Waals surface area contributed by atoms with Crippen LogP contribution in [0.5, 0.6) is 5.75 Å². The zero-order valence-electron chi connectivity index (χ0n) is 67.8. The summed E-state index contributed by atoms with van der Waals surface area (Å²) in [5.74, 6) is -22.6. The smallest absolute Gasteiger partial charge is 0.326 e. The lowest BCUT2D eigenvalue weighted by molar-refractivity contribution is -0.143. The van der Waals surface area contributed by atoms with E-state index < -0.39 is 273 Å². The van der Waals surface area contributed by atoms with Gasteiger partial charge in [-0.05, 0) is 134 Å². The normalized spacial score (nSPS) is 17.1. The van der Waals surface area contributed by atoms with Crippen LogP contribution >= 0.6 is 0 Å². The summed E-state index contributed by atoms with van der Waals surface area (Å²) in [6, 6.07) is -16.3. The molecule has 2 heterocycles. The maximum atomic E-state index is 14.8. The molecule has 0 radical (unpaired) electrons. The first-order valence-electron chi connectivity index (χ1n) is 39.4. The number of primary amides is 1. The number of nitrogens with zero attached hydrogens (tertiary/aromatic N) is 1. The number of likely N-dealkylation sites (tertiary alicyclic amines) is 1. The van der Waals surface area contributed by atoms with Gasteiger partial charge in [-0.2, -0.15) is 0 Å². The Morgan fingerprint density at radius 3 is 1.50 bits per heavy atom. The minimum atomic E-state index is -1.96. The summed E-state index contributed by atoms with van der Waals surface area (Å²) in [6.45, 7) is 5.21. The fourth-order valence-electron chi connectivity index (χ4n) is 12.4. The Morgan fingerprint density at radius 1 is 0.508 bits per heavy atom. The number of nitrogens with two attached hydrogens (primary N) is 3. The third-order valence-electron chi connectivity index (χ3n) is 19.3. The second-order valence-corrected chi connectivity index (χ2v) is 29.6. The largest absolute Gasteiger partial charge is 0.508 e. The number of unbranched alkanes of at least 4 members (excludes halogenated alkanes) is 2. The van der Waals surface area contributed by atoms with Gasteiger partial charge >= 0.3 is 17.9 Å². The van der Waals surface area contributed by atoms with Crippen LogP contribution in [0.25, 0.3) is 0 Å². The minimum Gasteiger partial charge on any atom is -0.508 e. The highest BCUT2D eigenvalue weighted by Crippen LogP contribution is 2.23. The van der Waals surface area contributed by atoms with Crippen molar-refractivity contribution in [2.45, 2.75) is 248 Å². The van der Waals surface area contributed by atoms with Crippen molar-refractivity contribution in [1.29, 1.82) is 0 Å². The van der Waals surface area contributed by atoms with E-state index in [1.165, 1.54) is 29.2 Å². The van der Waals surface area contributed by atoms with Crippen molar-refractivity contribution >= 4 is 118 Å². The highest BCUT2D eigenvalue weighted by molar-refractivity contribution is 6.01. The predicted octanol–water partition coefficient (Wildman–Crippen LogP) is -9.32. The molecule has 2 aliphatic heterocycles. The zero-order valence-corrected chi connectivity index (χ0v) is 67.8. The van der Waals surface area contributed by atoms with E-state index in [0.29, 0.717) is 24.8 Å². The molecule has 2 fully saturated rings. The van der Waals surface area contributed by atoms with E-state index in [1.807, 2.05) is 5.32 Å².